The highest BCUT2D eigenvalue weighted by Crippen LogP contribution is 2.27. The third kappa shape index (κ3) is 5.92. The van der Waals surface area contributed by atoms with Crippen molar-refractivity contribution in [3.63, 3.8) is 0 Å². The molecule has 0 saturated heterocycles. The van der Waals surface area contributed by atoms with Crippen LogP contribution in [0.1, 0.15) is 11.1 Å². The molecule has 0 aliphatic heterocycles. The first kappa shape index (κ1) is 21.6. The lowest BCUT2D eigenvalue weighted by Gasteiger charge is -2.08. The van der Waals surface area contributed by atoms with Crippen LogP contribution in [-0.4, -0.2) is 10.8 Å². The summed E-state index contributed by atoms with van der Waals surface area (Å²) in [6, 6.07) is 22.2. The van der Waals surface area contributed by atoms with Crippen LogP contribution < -0.4 is 10.1 Å². The molecule has 0 heterocycles. The summed E-state index contributed by atoms with van der Waals surface area (Å²) in [5.74, 6) is -0.0948. The van der Waals surface area contributed by atoms with Crippen LogP contribution in [-0.2, 0) is 11.4 Å². The Kier molecular flexibility index (Phi) is 6.99. The van der Waals surface area contributed by atoms with E-state index < -0.39 is 10.8 Å². The van der Waals surface area contributed by atoms with Gasteiger partial charge in [0.15, 0.2) is 0 Å². The average molecular weight is 434 g/mol. The number of nitro groups is 1. The second kappa shape index (κ2) is 10.1. The van der Waals surface area contributed by atoms with Gasteiger partial charge in [-0.2, -0.15) is 5.26 Å². The minimum Gasteiger partial charge on any atom is -0.489 e. The lowest BCUT2D eigenvalue weighted by molar-refractivity contribution is -0.384. The van der Waals surface area contributed by atoms with E-state index in [1.165, 1.54) is 18.2 Å². The molecule has 0 unspecified atom stereocenters. The van der Waals surface area contributed by atoms with Crippen molar-refractivity contribution in [2.24, 2.45) is 0 Å². The molecule has 3 aromatic rings. The number of amides is 1. The van der Waals surface area contributed by atoms with E-state index in [0.717, 1.165) is 11.6 Å². The number of non-ortho nitro benzene ring substituents is 1. The largest absolute Gasteiger partial charge is 0.489 e. The Morgan fingerprint density at radius 2 is 1.90 bits per heavy atom. The first-order chi connectivity index (χ1) is 15.0. The van der Waals surface area contributed by atoms with Gasteiger partial charge in [-0.15, -0.1) is 0 Å². The van der Waals surface area contributed by atoms with E-state index in [-0.39, 0.29) is 22.0 Å². The topological polar surface area (TPSA) is 105 Å². The maximum atomic E-state index is 12.5. The third-order valence-electron chi connectivity index (χ3n) is 4.19. The van der Waals surface area contributed by atoms with Gasteiger partial charge in [-0.05, 0) is 35.4 Å². The zero-order valence-corrected chi connectivity index (χ0v) is 16.9. The van der Waals surface area contributed by atoms with Gasteiger partial charge in [0.25, 0.3) is 11.6 Å². The fourth-order valence-electron chi connectivity index (χ4n) is 2.66. The van der Waals surface area contributed by atoms with Crippen LogP contribution in [0.25, 0.3) is 6.08 Å². The number of hydrogen-bond donors (Lipinski definition) is 1. The number of nitrogens with zero attached hydrogens (tertiary/aromatic N) is 2. The summed E-state index contributed by atoms with van der Waals surface area (Å²) in [7, 11) is 0. The van der Waals surface area contributed by atoms with Crippen LogP contribution in [0.2, 0.25) is 5.02 Å². The summed E-state index contributed by atoms with van der Waals surface area (Å²) in [4.78, 5) is 22.7. The number of nitrogens with one attached hydrogen (secondary N) is 1. The lowest BCUT2D eigenvalue weighted by Crippen LogP contribution is -2.13. The van der Waals surface area contributed by atoms with E-state index in [0.29, 0.717) is 17.9 Å². The number of carbonyl (C=O) groups is 1. The smallest absolute Gasteiger partial charge is 0.271 e. The quantitative estimate of drug-likeness (QED) is 0.233. The summed E-state index contributed by atoms with van der Waals surface area (Å²) in [6.07, 6.45) is 1.42. The molecule has 3 rings (SSSR count). The Morgan fingerprint density at radius 3 is 2.58 bits per heavy atom. The molecule has 3 aromatic carbocycles. The molecule has 0 aliphatic carbocycles. The zero-order chi connectivity index (χ0) is 22.2. The van der Waals surface area contributed by atoms with E-state index in [1.807, 2.05) is 36.4 Å². The first-order valence-corrected chi connectivity index (χ1v) is 9.48. The highest BCUT2D eigenvalue weighted by atomic mass is 35.5. The van der Waals surface area contributed by atoms with Gasteiger partial charge in [0.1, 0.15) is 24.0 Å². The van der Waals surface area contributed by atoms with Crippen molar-refractivity contribution in [3.05, 3.63) is 105 Å². The molecule has 1 amide bonds. The summed E-state index contributed by atoms with van der Waals surface area (Å²) < 4.78 is 5.77. The van der Waals surface area contributed by atoms with Crippen molar-refractivity contribution >= 4 is 35.0 Å². The van der Waals surface area contributed by atoms with Crippen LogP contribution in [0.15, 0.2) is 78.4 Å². The van der Waals surface area contributed by atoms with Crippen molar-refractivity contribution < 1.29 is 14.5 Å². The van der Waals surface area contributed by atoms with Crippen molar-refractivity contribution in [1.29, 1.82) is 5.26 Å². The van der Waals surface area contributed by atoms with E-state index in [4.69, 9.17) is 16.3 Å². The highest BCUT2D eigenvalue weighted by molar-refractivity contribution is 6.34. The van der Waals surface area contributed by atoms with Gasteiger partial charge in [0.2, 0.25) is 0 Å². The van der Waals surface area contributed by atoms with Crippen LogP contribution in [0.4, 0.5) is 11.4 Å². The molecule has 1 N–H and O–H groups in total. The molecule has 0 aromatic heterocycles. The molecular weight excluding hydrogens is 418 g/mol. The Hall–Kier alpha value is -4.15. The molecule has 0 aliphatic rings. The molecule has 0 radical (unpaired) electrons. The van der Waals surface area contributed by atoms with Gasteiger partial charge in [-0.25, -0.2) is 0 Å². The molecule has 0 spiro atoms. The van der Waals surface area contributed by atoms with E-state index in [9.17, 15) is 20.2 Å². The summed E-state index contributed by atoms with van der Waals surface area (Å²) >= 11 is 5.99. The zero-order valence-electron chi connectivity index (χ0n) is 16.1. The van der Waals surface area contributed by atoms with Gasteiger partial charge < -0.3 is 10.1 Å². The number of nitro benzene ring substituents is 1. The number of halogens is 1. The average Bonchev–Trinajstić information content (AvgIpc) is 2.78. The van der Waals surface area contributed by atoms with Crippen LogP contribution in [0.5, 0.6) is 5.75 Å². The number of rotatable bonds is 7. The van der Waals surface area contributed by atoms with Gasteiger partial charge in [0, 0.05) is 12.1 Å². The van der Waals surface area contributed by atoms with Crippen LogP contribution in [0.3, 0.4) is 0 Å². The minimum atomic E-state index is -0.686. The number of carbonyl (C=O) groups excluding carboxylic acids is 1. The third-order valence-corrected chi connectivity index (χ3v) is 4.51. The van der Waals surface area contributed by atoms with Crippen LogP contribution >= 0.6 is 11.6 Å². The standard InChI is InChI=1S/C23H16ClN3O4/c24-21-13-19(27(29)30)9-10-22(21)26-23(28)18(14-25)11-17-7-4-8-20(12-17)31-15-16-5-2-1-3-6-16/h1-13H,15H2,(H,26,28)/b18-11+. The van der Waals surface area contributed by atoms with Gasteiger partial charge >= 0.3 is 0 Å². The maximum absolute atomic E-state index is 12.5. The number of nitriles is 1. The molecule has 31 heavy (non-hydrogen) atoms. The molecule has 0 fully saturated rings. The Labute approximate surface area is 183 Å². The molecule has 8 heteroatoms. The van der Waals surface area contributed by atoms with E-state index in [1.54, 1.807) is 24.3 Å². The van der Waals surface area contributed by atoms with Crippen molar-refractivity contribution in [3.8, 4) is 11.8 Å². The highest BCUT2D eigenvalue weighted by Gasteiger charge is 2.14. The summed E-state index contributed by atoms with van der Waals surface area (Å²) in [5.41, 5.74) is 1.42. The predicted molar refractivity (Wildman–Crippen MR) is 118 cm³/mol. The van der Waals surface area contributed by atoms with E-state index >= 15 is 0 Å². The van der Waals surface area contributed by atoms with Crippen molar-refractivity contribution in [2.45, 2.75) is 6.61 Å². The van der Waals surface area contributed by atoms with E-state index in [2.05, 4.69) is 5.32 Å². The molecule has 0 saturated carbocycles. The summed E-state index contributed by atoms with van der Waals surface area (Å²) in [5, 5.41) is 22.7. The normalized spacial score (nSPS) is 10.8. The molecule has 154 valence electrons. The number of benzene rings is 3. The number of ether oxygens (including phenoxy) is 1. The number of anilines is 1. The fraction of sp³-hybridized carbons (Fsp3) is 0.0435. The second-order valence-corrected chi connectivity index (χ2v) is 6.80. The number of hydrogen-bond acceptors (Lipinski definition) is 5. The Morgan fingerprint density at radius 1 is 1.13 bits per heavy atom. The monoisotopic (exact) mass is 433 g/mol. The van der Waals surface area contributed by atoms with Crippen molar-refractivity contribution in [1.82, 2.24) is 0 Å². The van der Waals surface area contributed by atoms with Gasteiger partial charge in [-0.1, -0.05) is 54.1 Å². The SMILES string of the molecule is N#C/C(=C\c1cccc(OCc2ccccc2)c1)C(=O)Nc1ccc([N+](=O)[O-])cc1Cl. The molecule has 7 nitrogen and oxygen atoms in total. The van der Waals surface area contributed by atoms with Crippen molar-refractivity contribution in [2.75, 3.05) is 5.32 Å². The molecular formula is C23H16ClN3O4. The molecule has 0 atom stereocenters. The maximum Gasteiger partial charge on any atom is 0.271 e. The van der Waals surface area contributed by atoms with Gasteiger partial charge in [-0.3, -0.25) is 14.9 Å². The fourth-order valence-corrected chi connectivity index (χ4v) is 2.88. The Bertz CT molecular complexity index is 1190. The van der Waals surface area contributed by atoms with Gasteiger partial charge in [0.05, 0.1) is 15.6 Å². The second-order valence-electron chi connectivity index (χ2n) is 6.39. The Balaban J connectivity index is 1.73. The first-order valence-electron chi connectivity index (χ1n) is 9.10. The minimum absolute atomic E-state index is 0.00357. The molecule has 0 bridgehead atoms. The van der Waals surface area contributed by atoms with Crippen LogP contribution in [0, 0.1) is 21.4 Å². The lowest BCUT2D eigenvalue weighted by atomic mass is 10.1. The summed E-state index contributed by atoms with van der Waals surface area (Å²) in [6.45, 7) is 0.387. The predicted octanol–water partition coefficient (Wildman–Crippen LogP) is 5.37.